The molecular formula is C23H22N4O4S. The Morgan fingerprint density at radius 2 is 1.81 bits per heavy atom. The van der Waals surface area contributed by atoms with Crippen molar-refractivity contribution in [3.63, 3.8) is 0 Å². The van der Waals surface area contributed by atoms with Crippen LogP contribution >= 0.6 is 11.8 Å². The van der Waals surface area contributed by atoms with Crippen molar-refractivity contribution in [3.8, 4) is 11.6 Å². The standard InChI is InChI=1S/C23H22N4O4S/c1-2-3-13-30-19(28)15-32-23-25-24-21(31-23)20-17-11-7-8-12-18(17)22(29)27(26-20)14-16-9-5-4-6-10-16/h4-12H,2-3,13-15H2,1H3. The maximum absolute atomic E-state index is 13.0. The Kier molecular flexibility index (Phi) is 6.96. The fourth-order valence-corrected chi connectivity index (χ4v) is 3.67. The first-order valence-corrected chi connectivity index (χ1v) is 11.3. The molecule has 0 radical (unpaired) electrons. The van der Waals surface area contributed by atoms with Crippen LogP contribution in [0, 0.1) is 0 Å². The molecule has 0 aliphatic heterocycles. The van der Waals surface area contributed by atoms with E-state index in [-0.39, 0.29) is 28.4 Å². The van der Waals surface area contributed by atoms with Crippen LogP contribution in [0.2, 0.25) is 0 Å². The van der Waals surface area contributed by atoms with E-state index in [1.54, 1.807) is 18.2 Å². The summed E-state index contributed by atoms with van der Waals surface area (Å²) in [7, 11) is 0. The van der Waals surface area contributed by atoms with Crippen LogP contribution < -0.4 is 5.56 Å². The summed E-state index contributed by atoms with van der Waals surface area (Å²) >= 11 is 1.11. The van der Waals surface area contributed by atoms with Gasteiger partial charge in [-0.2, -0.15) is 5.10 Å². The molecule has 0 atom stereocenters. The Morgan fingerprint density at radius 1 is 1.06 bits per heavy atom. The van der Waals surface area contributed by atoms with Crippen LogP contribution in [0.4, 0.5) is 0 Å². The summed E-state index contributed by atoms with van der Waals surface area (Å²) in [6.07, 6.45) is 1.79. The first-order valence-electron chi connectivity index (χ1n) is 10.3. The molecule has 0 aliphatic carbocycles. The summed E-state index contributed by atoms with van der Waals surface area (Å²) in [5.74, 6) is -0.0689. The maximum Gasteiger partial charge on any atom is 0.316 e. The van der Waals surface area contributed by atoms with Gasteiger partial charge in [0.05, 0.1) is 18.5 Å². The second-order valence-electron chi connectivity index (χ2n) is 7.08. The Bertz CT molecular complexity index is 1270. The van der Waals surface area contributed by atoms with E-state index in [9.17, 15) is 9.59 Å². The minimum absolute atomic E-state index is 0.0764. The Labute approximate surface area is 188 Å². The van der Waals surface area contributed by atoms with Gasteiger partial charge in [-0.3, -0.25) is 9.59 Å². The Morgan fingerprint density at radius 3 is 2.59 bits per heavy atom. The molecule has 2 aromatic carbocycles. The number of carbonyl (C=O) groups is 1. The van der Waals surface area contributed by atoms with Crippen LogP contribution in [0.15, 0.2) is 69.0 Å². The van der Waals surface area contributed by atoms with Gasteiger partial charge < -0.3 is 9.15 Å². The highest BCUT2D eigenvalue weighted by Gasteiger charge is 2.18. The summed E-state index contributed by atoms with van der Waals surface area (Å²) in [5, 5.41) is 14.0. The number of benzene rings is 2. The topological polar surface area (TPSA) is 100 Å². The predicted octanol–water partition coefficient (Wildman–Crippen LogP) is 3.93. The van der Waals surface area contributed by atoms with Crippen LogP contribution in [-0.2, 0) is 16.1 Å². The zero-order valence-electron chi connectivity index (χ0n) is 17.6. The molecule has 0 unspecified atom stereocenters. The predicted molar refractivity (Wildman–Crippen MR) is 121 cm³/mol. The average molecular weight is 451 g/mol. The summed E-state index contributed by atoms with van der Waals surface area (Å²) < 4.78 is 12.3. The van der Waals surface area contributed by atoms with Gasteiger partial charge in [0, 0.05) is 5.39 Å². The van der Waals surface area contributed by atoms with Crippen molar-refractivity contribution in [3.05, 3.63) is 70.5 Å². The Hall–Kier alpha value is -3.46. The van der Waals surface area contributed by atoms with E-state index < -0.39 is 0 Å². The third-order valence-electron chi connectivity index (χ3n) is 4.73. The molecule has 164 valence electrons. The molecule has 9 heteroatoms. The fraction of sp³-hybridized carbons (Fsp3) is 0.261. The third kappa shape index (κ3) is 5.05. The third-order valence-corrected chi connectivity index (χ3v) is 5.52. The maximum atomic E-state index is 13.0. The molecular weight excluding hydrogens is 428 g/mol. The molecule has 0 bridgehead atoms. The molecule has 32 heavy (non-hydrogen) atoms. The lowest BCUT2D eigenvalue weighted by Gasteiger charge is -2.09. The lowest BCUT2D eigenvalue weighted by atomic mass is 10.1. The molecule has 4 rings (SSSR count). The normalized spacial score (nSPS) is 11.0. The minimum atomic E-state index is -0.330. The minimum Gasteiger partial charge on any atom is -0.465 e. The number of carbonyl (C=O) groups excluding carboxylic acids is 1. The number of nitrogens with zero attached hydrogens (tertiary/aromatic N) is 4. The van der Waals surface area contributed by atoms with Gasteiger partial charge in [-0.05, 0) is 18.1 Å². The van der Waals surface area contributed by atoms with E-state index in [0.717, 1.165) is 30.2 Å². The number of esters is 1. The van der Waals surface area contributed by atoms with E-state index in [1.807, 2.05) is 43.3 Å². The summed E-state index contributed by atoms with van der Waals surface area (Å²) in [5.41, 5.74) is 1.17. The van der Waals surface area contributed by atoms with Crippen molar-refractivity contribution in [2.75, 3.05) is 12.4 Å². The number of ether oxygens (including phenoxy) is 1. The van der Waals surface area contributed by atoms with Gasteiger partial charge >= 0.3 is 5.97 Å². The van der Waals surface area contributed by atoms with Gasteiger partial charge in [-0.25, -0.2) is 4.68 Å². The van der Waals surface area contributed by atoms with Crippen LogP contribution in [0.25, 0.3) is 22.4 Å². The highest BCUT2D eigenvalue weighted by molar-refractivity contribution is 7.99. The van der Waals surface area contributed by atoms with Crippen molar-refractivity contribution in [1.29, 1.82) is 0 Å². The van der Waals surface area contributed by atoms with Crippen molar-refractivity contribution >= 4 is 28.5 Å². The van der Waals surface area contributed by atoms with E-state index in [1.165, 1.54) is 4.68 Å². The van der Waals surface area contributed by atoms with Crippen molar-refractivity contribution in [1.82, 2.24) is 20.0 Å². The molecule has 0 aliphatic rings. The van der Waals surface area contributed by atoms with Crippen LogP contribution in [0.5, 0.6) is 0 Å². The summed E-state index contributed by atoms with van der Waals surface area (Å²) in [4.78, 5) is 24.8. The number of hydrogen-bond donors (Lipinski definition) is 0. The highest BCUT2D eigenvalue weighted by atomic mass is 32.2. The Balaban J connectivity index is 1.61. The molecule has 4 aromatic rings. The number of unbranched alkanes of at least 4 members (excludes halogenated alkanes) is 1. The molecule has 8 nitrogen and oxygen atoms in total. The molecule has 0 N–H and O–H groups in total. The zero-order chi connectivity index (χ0) is 22.3. The molecule has 2 aromatic heterocycles. The van der Waals surface area contributed by atoms with Crippen molar-refractivity contribution < 1.29 is 13.9 Å². The van der Waals surface area contributed by atoms with Gasteiger partial charge in [0.1, 0.15) is 5.75 Å². The van der Waals surface area contributed by atoms with E-state index in [0.29, 0.717) is 29.6 Å². The zero-order valence-corrected chi connectivity index (χ0v) is 18.4. The molecule has 0 fully saturated rings. The molecule has 0 spiro atoms. The van der Waals surface area contributed by atoms with Crippen LogP contribution in [0.1, 0.15) is 25.3 Å². The number of aromatic nitrogens is 4. The van der Waals surface area contributed by atoms with Gasteiger partial charge in [-0.15, -0.1) is 10.2 Å². The van der Waals surface area contributed by atoms with Gasteiger partial charge in [-0.1, -0.05) is 73.6 Å². The molecule has 0 saturated carbocycles. The SMILES string of the molecule is CCCCOC(=O)CSc1nnc(-c2nn(Cc3ccccc3)c(=O)c3ccccc23)o1. The smallest absolute Gasteiger partial charge is 0.316 e. The molecule has 0 amide bonds. The quantitative estimate of drug-likeness (QED) is 0.215. The number of hydrogen-bond acceptors (Lipinski definition) is 8. The van der Waals surface area contributed by atoms with Crippen molar-refractivity contribution in [2.45, 2.75) is 31.5 Å². The van der Waals surface area contributed by atoms with Gasteiger partial charge in [0.25, 0.3) is 16.7 Å². The van der Waals surface area contributed by atoms with E-state index in [4.69, 9.17) is 9.15 Å². The average Bonchev–Trinajstić information content (AvgIpc) is 3.29. The van der Waals surface area contributed by atoms with Crippen LogP contribution in [0.3, 0.4) is 0 Å². The number of rotatable bonds is 9. The van der Waals surface area contributed by atoms with Crippen molar-refractivity contribution in [2.24, 2.45) is 0 Å². The molecule has 2 heterocycles. The highest BCUT2D eigenvalue weighted by Crippen LogP contribution is 2.26. The van der Waals surface area contributed by atoms with E-state index >= 15 is 0 Å². The molecule has 0 saturated heterocycles. The number of thioether (sulfide) groups is 1. The summed E-state index contributed by atoms with van der Waals surface area (Å²) in [6, 6.07) is 16.8. The first-order chi connectivity index (χ1) is 15.7. The largest absolute Gasteiger partial charge is 0.465 e. The second-order valence-corrected chi connectivity index (χ2v) is 8.01. The first kappa shape index (κ1) is 21.8. The lowest BCUT2D eigenvalue weighted by molar-refractivity contribution is -0.140. The fourth-order valence-electron chi connectivity index (χ4n) is 3.11. The lowest BCUT2D eigenvalue weighted by Crippen LogP contribution is -2.24. The van der Waals surface area contributed by atoms with E-state index in [2.05, 4.69) is 15.3 Å². The summed E-state index contributed by atoms with van der Waals surface area (Å²) in [6.45, 7) is 2.75. The second kappa shape index (κ2) is 10.2. The van der Waals surface area contributed by atoms with Gasteiger partial charge in [0.2, 0.25) is 0 Å². The number of fused-ring (bicyclic) bond motifs is 1. The van der Waals surface area contributed by atoms with Gasteiger partial charge in [0.15, 0.2) is 5.69 Å². The van der Waals surface area contributed by atoms with Crippen LogP contribution in [-0.4, -0.2) is 38.3 Å². The monoisotopic (exact) mass is 450 g/mol.